The van der Waals surface area contributed by atoms with Crippen molar-refractivity contribution in [3.05, 3.63) is 41.0 Å². The molecular weight excluding hydrogens is 202 g/mol. The fourth-order valence-electron chi connectivity index (χ4n) is 1.24. The van der Waals surface area contributed by atoms with Crippen LogP contribution in [0.5, 0.6) is 0 Å². The Morgan fingerprint density at radius 1 is 1.56 bits per heavy atom. The molecule has 0 atom stereocenters. The number of carbonyl (C=O) groups excluding carboxylic acids is 1. The minimum atomic E-state index is -0.274. The first-order valence-corrected chi connectivity index (χ1v) is 4.91. The molecule has 0 amide bonds. The van der Waals surface area contributed by atoms with E-state index in [0.29, 0.717) is 5.56 Å². The minimum Gasteiger partial charge on any atom is -0.469 e. The maximum absolute atomic E-state index is 10.9. The molecule has 0 aliphatic rings. The molecule has 0 heterocycles. The summed E-state index contributed by atoms with van der Waals surface area (Å²) in [5.74, 6) is -0.274. The third-order valence-corrected chi connectivity index (χ3v) is 2.20. The van der Waals surface area contributed by atoms with E-state index >= 15 is 0 Å². The zero-order valence-corrected chi connectivity index (χ0v) is 9.36. The van der Waals surface area contributed by atoms with E-state index in [9.17, 15) is 4.79 Å². The first-order chi connectivity index (χ1) is 7.67. The van der Waals surface area contributed by atoms with Crippen LogP contribution in [-0.2, 0) is 9.53 Å². The highest BCUT2D eigenvalue weighted by atomic mass is 16.5. The van der Waals surface area contributed by atoms with Crippen LogP contribution in [0.1, 0.15) is 23.1 Å². The smallest absolute Gasteiger partial charge is 0.309 e. The SMILES string of the molecule is COC(=O)CC=Cc1ccc(C)c(C#N)c1. The summed E-state index contributed by atoms with van der Waals surface area (Å²) in [4.78, 5) is 10.9. The molecule has 3 heteroatoms. The summed E-state index contributed by atoms with van der Waals surface area (Å²) in [6.07, 6.45) is 3.76. The predicted molar refractivity (Wildman–Crippen MR) is 61.6 cm³/mol. The third-order valence-electron chi connectivity index (χ3n) is 2.20. The number of nitrogens with zero attached hydrogens (tertiary/aromatic N) is 1. The van der Waals surface area contributed by atoms with E-state index in [0.717, 1.165) is 11.1 Å². The lowest BCUT2D eigenvalue weighted by atomic mass is 10.1. The summed E-state index contributed by atoms with van der Waals surface area (Å²) in [7, 11) is 1.36. The Labute approximate surface area is 95.0 Å². The van der Waals surface area contributed by atoms with E-state index in [2.05, 4.69) is 10.8 Å². The lowest BCUT2D eigenvalue weighted by molar-refractivity contribution is -0.139. The van der Waals surface area contributed by atoms with Gasteiger partial charge >= 0.3 is 5.97 Å². The summed E-state index contributed by atoms with van der Waals surface area (Å²) in [6.45, 7) is 1.89. The molecule has 0 bridgehead atoms. The lowest BCUT2D eigenvalue weighted by Crippen LogP contribution is -1.96. The van der Waals surface area contributed by atoms with E-state index in [4.69, 9.17) is 5.26 Å². The number of carbonyl (C=O) groups is 1. The summed E-state index contributed by atoms with van der Waals surface area (Å²) in [5.41, 5.74) is 2.51. The molecule has 0 aliphatic heterocycles. The number of aryl methyl sites for hydroxylation is 1. The highest BCUT2D eigenvalue weighted by Crippen LogP contribution is 2.11. The Bertz CT molecular complexity index is 455. The molecule has 0 N–H and O–H groups in total. The summed E-state index contributed by atoms with van der Waals surface area (Å²) in [5, 5.41) is 8.85. The van der Waals surface area contributed by atoms with Gasteiger partial charge in [0.25, 0.3) is 0 Å². The molecule has 3 nitrogen and oxygen atoms in total. The highest BCUT2D eigenvalue weighted by Gasteiger charge is 1.98. The number of hydrogen-bond acceptors (Lipinski definition) is 3. The maximum atomic E-state index is 10.9. The highest BCUT2D eigenvalue weighted by molar-refractivity contribution is 5.72. The topological polar surface area (TPSA) is 50.1 Å². The van der Waals surface area contributed by atoms with Crippen molar-refractivity contribution in [2.75, 3.05) is 7.11 Å². The molecular formula is C13H13NO2. The van der Waals surface area contributed by atoms with Gasteiger partial charge in [0.2, 0.25) is 0 Å². The molecule has 1 rings (SSSR count). The van der Waals surface area contributed by atoms with E-state index in [1.807, 2.05) is 19.1 Å². The van der Waals surface area contributed by atoms with Gasteiger partial charge in [-0.2, -0.15) is 5.26 Å². The Kier molecular flexibility index (Phi) is 4.28. The van der Waals surface area contributed by atoms with Gasteiger partial charge in [-0.05, 0) is 24.1 Å². The van der Waals surface area contributed by atoms with Crippen molar-refractivity contribution in [1.82, 2.24) is 0 Å². The number of hydrogen-bond donors (Lipinski definition) is 0. The van der Waals surface area contributed by atoms with E-state index in [-0.39, 0.29) is 12.4 Å². The Morgan fingerprint density at radius 2 is 2.31 bits per heavy atom. The van der Waals surface area contributed by atoms with Crippen molar-refractivity contribution in [2.24, 2.45) is 0 Å². The van der Waals surface area contributed by atoms with Crippen LogP contribution < -0.4 is 0 Å². The second-order valence-electron chi connectivity index (χ2n) is 3.37. The molecule has 16 heavy (non-hydrogen) atoms. The molecule has 1 aromatic rings. The normalized spacial score (nSPS) is 10.1. The van der Waals surface area contributed by atoms with Crippen LogP contribution in [0, 0.1) is 18.3 Å². The minimum absolute atomic E-state index is 0.242. The first-order valence-electron chi connectivity index (χ1n) is 4.91. The molecule has 0 radical (unpaired) electrons. The van der Waals surface area contributed by atoms with Crippen LogP contribution >= 0.6 is 0 Å². The zero-order valence-electron chi connectivity index (χ0n) is 9.36. The molecule has 0 aliphatic carbocycles. The molecule has 0 fully saturated rings. The first kappa shape index (κ1) is 12.0. The largest absolute Gasteiger partial charge is 0.469 e. The Hall–Kier alpha value is -2.08. The average Bonchev–Trinajstić information content (AvgIpc) is 2.31. The van der Waals surface area contributed by atoms with Gasteiger partial charge in [-0.1, -0.05) is 24.3 Å². The molecule has 0 spiro atoms. The average molecular weight is 215 g/mol. The maximum Gasteiger partial charge on any atom is 0.309 e. The van der Waals surface area contributed by atoms with E-state index < -0.39 is 0 Å². The van der Waals surface area contributed by atoms with Crippen molar-refractivity contribution in [1.29, 1.82) is 5.26 Å². The van der Waals surface area contributed by atoms with Crippen LogP contribution in [0.3, 0.4) is 0 Å². The van der Waals surface area contributed by atoms with Crippen molar-refractivity contribution in [3.8, 4) is 6.07 Å². The van der Waals surface area contributed by atoms with Crippen molar-refractivity contribution < 1.29 is 9.53 Å². The van der Waals surface area contributed by atoms with Gasteiger partial charge < -0.3 is 4.74 Å². The quantitative estimate of drug-likeness (QED) is 0.727. The number of ether oxygens (including phenoxy) is 1. The van der Waals surface area contributed by atoms with Crippen LogP contribution in [0.2, 0.25) is 0 Å². The number of esters is 1. The second-order valence-corrected chi connectivity index (χ2v) is 3.37. The second kappa shape index (κ2) is 5.72. The predicted octanol–water partition coefficient (Wildman–Crippen LogP) is 2.44. The van der Waals surface area contributed by atoms with Crippen molar-refractivity contribution in [2.45, 2.75) is 13.3 Å². The lowest BCUT2D eigenvalue weighted by Gasteiger charge is -1.98. The third kappa shape index (κ3) is 3.25. The van der Waals surface area contributed by atoms with Crippen LogP contribution in [0.4, 0.5) is 0 Å². The molecule has 0 saturated heterocycles. The van der Waals surface area contributed by atoms with Gasteiger partial charge in [0.15, 0.2) is 0 Å². The van der Waals surface area contributed by atoms with Gasteiger partial charge in [0.05, 0.1) is 25.2 Å². The molecule has 82 valence electrons. The molecule has 0 saturated carbocycles. The van der Waals surface area contributed by atoms with Crippen molar-refractivity contribution in [3.63, 3.8) is 0 Å². The van der Waals surface area contributed by atoms with Gasteiger partial charge in [0.1, 0.15) is 0 Å². The molecule has 0 unspecified atom stereocenters. The van der Waals surface area contributed by atoms with Crippen LogP contribution in [0.15, 0.2) is 24.3 Å². The van der Waals surface area contributed by atoms with Gasteiger partial charge in [-0.25, -0.2) is 0 Å². The number of benzene rings is 1. The molecule has 1 aromatic carbocycles. The zero-order chi connectivity index (χ0) is 12.0. The number of rotatable bonds is 3. The molecule has 0 aromatic heterocycles. The fourth-order valence-corrected chi connectivity index (χ4v) is 1.24. The van der Waals surface area contributed by atoms with Crippen molar-refractivity contribution >= 4 is 12.0 Å². The summed E-state index contributed by atoms with van der Waals surface area (Å²) < 4.78 is 4.51. The fraction of sp³-hybridized carbons (Fsp3) is 0.231. The van der Waals surface area contributed by atoms with E-state index in [1.165, 1.54) is 7.11 Å². The van der Waals surface area contributed by atoms with Gasteiger partial charge in [-0.15, -0.1) is 0 Å². The van der Waals surface area contributed by atoms with Gasteiger partial charge in [-0.3, -0.25) is 4.79 Å². The number of methoxy groups -OCH3 is 1. The number of nitriles is 1. The van der Waals surface area contributed by atoms with Crippen LogP contribution in [0.25, 0.3) is 6.08 Å². The van der Waals surface area contributed by atoms with E-state index in [1.54, 1.807) is 18.2 Å². The Morgan fingerprint density at radius 3 is 2.94 bits per heavy atom. The van der Waals surface area contributed by atoms with Gasteiger partial charge in [0, 0.05) is 0 Å². The standard InChI is InChI=1S/C13H13NO2/c1-10-6-7-11(8-12(10)9-14)4-3-5-13(15)16-2/h3-4,6-8H,5H2,1-2H3. The van der Waals surface area contributed by atoms with Crippen LogP contribution in [-0.4, -0.2) is 13.1 Å². The Balaban J connectivity index is 2.75. The summed E-state index contributed by atoms with van der Waals surface area (Å²) in [6, 6.07) is 7.71. The monoisotopic (exact) mass is 215 g/mol. The summed E-state index contributed by atoms with van der Waals surface area (Å²) >= 11 is 0.